The van der Waals surface area contributed by atoms with Crippen LogP contribution in [0.3, 0.4) is 0 Å². The smallest absolute Gasteiger partial charge is 0.239 e. The molecule has 2 nitrogen and oxygen atoms in total. The van der Waals surface area contributed by atoms with Crippen molar-refractivity contribution in [2.24, 2.45) is 0 Å². The second-order valence-corrected chi connectivity index (χ2v) is 2.04. The van der Waals surface area contributed by atoms with Gasteiger partial charge in [0, 0.05) is 18.2 Å². The highest BCUT2D eigenvalue weighted by Gasteiger charge is 2.00. The minimum Gasteiger partial charge on any atom is -0.485 e. The molecule has 0 spiro atoms. The summed E-state index contributed by atoms with van der Waals surface area (Å²) in [5.74, 6) is -1.50. The molecule has 0 unspecified atom stereocenters. The van der Waals surface area contributed by atoms with E-state index in [1.807, 2.05) is 0 Å². The number of hydrogen-bond acceptors (Lipinski definition) is 2. The topological polar surface area (TPSA) is 26.3 Å². The predicted molar refractivity (Wildman–Crippen MR) is 37.5 cm³/mol. The zero-order valence-corrected chi connectivity index (χ0v) is 6.01. The highest BCUT2D eigenvalue weighted by molar-refractivity contribution is 5.52. The molecule has 1 aromatic rings. The van der Waals surface area contributed by atoms with Gasteiger partial charge in [0.15, 0.2) is 6.61 Å². The van der Waals surface area contributed by atoms with Crippen molar-refractivity contribution in [3.63, 3.8) is 0 Å². The average molecular weight is 171 g/mol. The summed E-state index contributed by atoms with van der Waals surface area (Å²) in [6.07, 6.45) is 1.44. The standard InChI is InChI=1S/C8H5F2O2/c9-6-3-7(10)5-8(4-6)12-2-1-11/h3-5H,2H2. The molecule has 0 bridgehead atoms. The summed E-state index contributed by atoms with van der Waals surface area (Å²) >= 11 is 0. The maximum absolute atomic E-state index is 12.4. The van der Waals surface area contributed by atoms with Crippen molar-refractivity contribution < 1.29 is 18.3 Å². The molecule has 0 saturated carbocycles. The Morgan fingerprint density at radius 3 is 2.33 bits per heavy atom. The van der Waals surface area contributed by atoms with E-state index in [4.69, 9.17) is 0 Å². The summed E-state index contributed by atoms with van der Waals surface area (Å²) in [7, 11) is 0. The fourth-order valence-corrected chi connectivity index (χ4v) is 0.725. The largest absolute Gasteiger partial charge is 0.485 e. The van der Waals surface area contributed by atoms with Crippen LogP contribution in [-0.2, 0) is 4.79 Å². The van der Waals surface area contributed by atoms with Gasteiger partial charge in [0.1, 0.15) is 17.4 Å². The number of rotatable bonds is 3. The van der Waals surface area contributed by atoms with Crippen LogP contribution < -0.4 is 4.74 Å². The summed E-state index contributed by atoms with van der Waals surface area (Å²) in [6.45, 7) is -0.330. The third-order valence-corrected chi connectivity index (χ3v) is 1.13. The number of halogens is 2. The van der Waals surface area contributed by atoms with E-state index in [1.54, 1.807) is 0 Å². The Balaban J connectivity index is 2.78. The van der Waals surface area contributed by atoms with E-state index in [-0.39, 0.29) is 12.4 Å². The number of carbonyl (C=O) groups excluding carboxylic acids is 1. The van der Waals surface area contributed by atoms with Crippen LogP contribution in [0, 0.1) is 11.6 Å². The summed E-state index contributed by atoms with van der Waals surface area (Å²) in [5, 5.41) is 0. The molecule has 63 valence electrons. The molecule has 0 aromatic heterocycles. The summed E-state index contributed by atoms with van der Waals surface area (Å²) in [6, 6.07) is 2.69. The van der Waals surface area contributed by atoms with Crippen molar-refractivity contribution in [2.45, 2.75) is 0 Å². The second kappa shape index (κ2) is 3.80. The quantitative estimate of drug-likeness (QED) is 0.688. The zero-order chi connectivity index (χ0) is 8.97. The molecule has 1 aromatic carbocycles. The molecule has 0 fully saturated rings. The maximum Gasteiger partial charge on any atom is 0.239 e. The molecule has 0 atom stereocenters. The predicted octanol–water partition coefficient (Wildman–Crippen LogP) is 1.45. The van der Waals surface area contributed by atoms with Gasteiger partial charge < -0.3 is 4.74 Å². The number of ether oxygens (including phenoxy) is 1. The van der Waals surface area contributed by atoms with Crippen LogP contribution in [0.1, 0.15) is 0 Å². The highest BCUT2D eigenvalue weighted by atomic mass is 19.1. The molecule has 12 heavy (non-hydrogen) atoms. The normalized spacial score (nSPS) is 9.50. The van der Waals surface area contributed by atoms with E-state index in [1.165, 1.54) is 6.29 Å². The highest BCUT2D eigenvalue weighted by Crippen LogP contribution is 2.14. The van der Waals surface area contributed by atoms with E-state index in [0.29, 0.717) is 0 Å². The van der Waals surface area contributed by atoms with E-state index in [9.17, 15) is 13.6 Å². The fraction of sp³-hybridized carbons (Fsp3) is 0.125. The Bertz CT molecular complexity index is 266. The third-order valence-electron chi connectivity index (χ3n) is 1.13. The van der Waals surface area contributed by atoms with Crippen molar-refractivity contribution in [3.05, 3.63) is 29.8 Å². The van der Waals surface area contributed by atoms with E-state index >= 15 is 0 Å². The molecule has 4 heteroatoms. The van der Waals surface area contributed by atoms with Crippen molar-refractivity contribution in [1.82, 2.24) is 0 Å². The summed E-state index contributed by atoms with van der Waals surface area (Å²) in [4.78, 5) is 9.71. The number of hydrogen-bond donors (Lipinski definition) is 0. The first-order valence-electron chi connectivity index (χ1n) is 3.16. The Morgan fingerprint density at radius 1 is 1.25 bits per heavy atom. The van der Waals surface area contributed by atoms with Crippen LogP contribution in [0.5, 0.6) is 5.75 Å². The van der Waals surface area contributed by atoms with Crippen molar-refractivity contribution >= 4 is 6.29 Å². The van der Waals surface area contributed by atoms with E-state index < -0.39 is 11.6 Å². The molecule has 0 aliphatic rings. The van der Waals surface area contributed by atoms with Crippen molar-refractivity contribution in [1.29, 1.82) is 0 Å². The van der Waals surface area contributed by atoms with Crippen molar-refractivity contribution in [2.75, 3.05) is 6.61 Å². The Hall–Kier alpha value is -1.45. The van der Waals surface area contributed by atoms with Crippen molar-refractivity contribution in [3.8, 4) is 5.75 Å². The SMILES string of the molecule is O=[C]COc1cc(F)cc(F)c1. The Labute approximate surface area is 67.8 Å². The molecule has 0 heterocycles. The third kappa shape index (κ3) is 2.30. The van der Waals surface area contributed by atoms with Gasteiger partial charge >= 0.3 is 0 Å². The molecular formula is C8H5F2O2. The van der Waals surface area contributed by atoms with Crippen LogP contribution in [0.4, 0.5) is 8.78 Å². The monoisotopic (exact) mass is 171 g/mol. The van der Waals surface area contributed by atoms with Crippen LogP contribution >= 0.6 is 0 Å². The van der Waals surface area contributed by atoms with E-state index in [0.717, 1.165) is 18.2 Å². The van der Waals surface area contributed by atoms with Gasteiger partial charge in [-0.1, -0.05) is 0 Å². The first kappa shape index (κ1) is 8.64. The maximum atomic E-state index is 12.4. The molecule has 1 rings (SSSR count). The van der Waals surface area contributed by atoms with Gasteiger partial charge in [0.05, 0.1) is 0 Å². The van der Waals surface area contributed by atoms with Crippen LogP contribution in [0.2, 0.25) is 0 Å². The summed E-state index contributed by atoms with van der Waals surface area (Å²) < 4.78 is 29.5. The zero-order valence-electron chi connectivity index (χ0n) is 6.01. The van der Waals surface area contributed by atoms with Crippen LogP contribution in [-0.4, -0.2) is 12.9 Å². The minimum atomic E-state index is -0.740. The van der Waals surface area contributed by atoms with Crippen LogP contribution in [0.25, 0.3) is 0 Å². The minimum absolute atomic E-state index is 0.0177. The molecule has 1 radical (unpaired) electrons. The van der Waals surface area contributed by atoms with Crippen LogP contribution in [0.15, 0.2) is 18.2 Å². The first-order chi connectivity index (χ1) is 5.72. The van der Waals surface area contributed by atoms with Gasteiger partial charge in [0.25, 0.3) is 0 Å². The van der Waals surface area contributed by atoms with Gasteiger partial charge in [-0.25, -0.2) is 8.78 Å². The molecule has 0 aliphatic carbocycles. The van der Waals surface area contributed by atoms with E-state index in [2.05, 4.69) is 4.74 Å². The summed E-state index contributed by atoms with van der Waals surface area (Å²) in [5.41, 5.74) is 0. The first-order valence-corrected chi connectivity index (χ1v) is 3.16. The Morgan fingerprint density at radius 2 is 1.83 bits per heavy atom. The lowest BCUT2D eigenvalue weighted by atomic mass is 10.3. The van der Waals surface area contributed by atoms with Gasteiger partial charge in [-0.2, -0.15) is 0 Å². The lowest BCUT2D eigenvalue weighted by Crippen LogP contribution is -1.98. The molecule has 0 aliphatic heterocycles. The molecule has 0 amide bonds. The second-order valence-electron chi connectivity index (χ2n) is 2.04. The lowest BCUT2D eigenvalue weighted by molar-refractivity contribution is 0.360. The molecule has 0 saturated heterocycles. The number of benzene rings is 1. The Kier molecular flexibility index (Phi) is 2.74. The fourth-order valence-electron chi connectivity index (χ4n) is 0.725. The van der Waals surface area contributed by atoms with Gasteiger partial charge in [-0.15, -0.1) is 0 Å². The molecular weight excluding hydrogens is 166 g/mol. The van der Waals surface area contributed by atoms with Gasteiger partial charge in [0.2, 0.25) is 6.29 Å². The average Bonchev–Trinajstić information content (AvgIpc) is 1.99. The molecule has 0 N–H and O–H groups in total. The van der Waals surface area contributed by atoms with Gasteiger partial charge in [-0.3, -0.25) is 4.79 Å². The lowest BCUT2D eigenvalue weighted by Gasteiger charge is -2.00. The van der Waals surface area contributed by atoms with Gasteiger partial charge in [-0.05, 0) is 0 Å².